The topological polar surface area (TPSA) is 61.9 Å². The molecule has 1 aromatic rings. The van der Waals surface area contributed by atoms with Crippen molar-refractivity contribution in [2.24, 2.45) is 0 Å². The van der Waals surface area contributed by atoms with Crippen LogP contribution in [0.2, 0.25) is 0 Å². The number of hydrogen-bond donors (Lipinski definition) is 1. The van der Waals surface area contributed by atoms with Crippen LogP contribution in [0.4, 0.5) is 20.6 Å². The lowest BCUT2D eigenvalue weighted by Gasteiger charge is -2.36. The van der Waals surface area contributed by atoms with Crippen molar-refractivity contribution in [3.8, 4) is 0 Å². The molecule has 6 nitrogen and oxygen atoms in total. The molecule has 140 valence electrons. The molecule has 3 aliphatic heterocycles. The molecule has 3 heterocycles. The van der Waals surface area contributed by atoms with Gasteiger partial charge in [-0.1, -0.05) is 0 Å². The number of carbonyl (C=O) groups is 2. The van der Waals surface area contributed by atoms with E-state index in [2.05, 4.69) is 10.2 Å². The minimum Gasteiger partial charge on any atom is -0.442 e. The summed E-state index contributed by atoms with van der Waals surface area (Å²) in [6, 6.07) is 5.77. The lowest BCUT2D eigenvalue weighted by atomic mass is 10.2. The molecule has 3 aliphatic rings. The summed E-state index contributed by atoms with van der Waals surface area (Å²) in [5.41, 5.74) is 1.12. The first-order valence-electron chi connectivity index (χ1n) is 8.91. The van der Waals surface area contributed by atoms with Gasteiger partial charge in [-0.05, 0) is 31.0 Å². The summed E-state index contributed by atoms with van der Waals surface area (Å²) >= 11 is 1.95. The maximum Gasteiger partial charge on any atom is 0.414 e. The largest absolute Gasteiger partial charge is 0.442 e. The highest BCUT2D eigenvalue weighted by molar-refractivity contribution is 7.99. The molecule has 0 spiro atoms. The first kappa shape index (κ1) is 17.5. The van der Waals surface area contributed by atoms with Crippen molar-refractivity contribution in [2.75, 3.05) is 34.4 Å². The van der Waals surface area contributed by atoms with Gasteiger partial charge in [-0.15, -0.1) is 0 Å². The molecular weight excluding hydrogens is 357 g/mol. The van der Waals surface area contributed by atoms with Crippen LogP contribution in [0.5, 0.6) is 0 Å². The van der Waals surface area contributed by atoms with Crippen LogP contribution >= 0.6 is 11.8 Å². The maximum atomic E-state index is 14.9. The molecule has 3 saturated heterocycles. The average Bonchev–Trinajstić information content (AvgIpc) is 3.09. The minimum absolute atomic E-state index is 0.177. The fourth-order valence-corrected chi connectivity index (χ4v) is 5.33. The van der Waals surface area contributed by atoms with Gasteiger partial charge < -0.3 is 15.0 Å². The van der Waals surface area contributed by atoms with Crippen LogP contribution in [0.25, 0.3) is 0 Å². The second-order valence-corrected chi connectivity index (χ2v) is 8.09. The van der Waals surface area contributed by atoms with E-state index < -0.39 is 12.2 Å². The highest BCUT2D eigenvalue weighted by atomic mass is 32.2. The number of amides is 2. The molecule has 2 amide bonds. The molecule has 3 atom stereocenters. The number of thioether (sulfide) groups is 1. The van der Waals surface area contributed by atoms with E-state index in [4.69, 9.17) is 4.74 Å². The Labute approximate surface area is 156 Å². The Morgan fingerprint density at radius 2 is 2.08 bits per heavy atom. The first-order chi connectivity index (χ1) is 12.5. The van der Waals surface area contributed by atoms with Crippen molar-refractivity contribution in [1.29, 1.82) is 0 Å². The van der Waals surface area contributed by atoms with Gasteiger partial charge in [-0.3, -0.25) is 9.69 Å². The zero-order valence-electron chi connectivity index (χ0n) is 14.6. The predicted molar refractivity (Wildman–Crippen MR) is 99.3 cm³/mol. The Hall–Kier alpha value is -1.96. The van der Waals surface area contributed by atoms with Crippen molar-refractivity contribution in [2.45, 2.75) is 38.0 Å². The Morgan fingerprint density at radius 1 is 1.35 bits per heavy atom. The van der Waals surface area contributed by atoms with Gasteiger partial charge in [0.1, 0.15) is 11.9 Å². The van der Waals surface area contributed by atoms with Gasteiger partial charge in [-0.2, -0.15) is 11.8 Å². The number of ether oxygens (including phenoxy) is 1. The number of fused-ring (bicyclic) bond motifs is 2. The fourth-order valence-electron chi connectivity index (χ4n) is 3.99. The third-order valence-electron chi connectivity index (χ3n) is 5.21. The monoisotopic (exact) mass is 379 g/mol. The second-order valence-electron chi connectivity index (χ2n) is 7.02. The van der Waals surface area contributed by atoms with Gasteiger partial charge in [0, 0.05) is 30.5 Å². The number of halogens is 1. The van der Waals surface area contributed by atoms with Gasteiger partial charge in [0.15, 0.2) is 0 Å². The molecular formula is C18H22FN3O3S. The summed E-state index contributed by atoms with van der Waals surface area (Å²) in [6.45, 7) is 1.96. The molecule has 0 aromatic heterocycles. The minimum atomic E-state index is -0.512. The third kappa shape index (κ3) is 3.22. The molecule has 2 bridgehead atoms. The number of carbonyl (C=O) groups excluding carboxylic acids is 2. The Kier molecular flexibility index (Phi) is 4.69. The van der Waals surface area contributed by atoms with E-state index >= 15 is 0 Å². The summed E-state index contributed by atoms with van der Waals surface area (Å²) in [7, 11) is 0. The summed E-state index contributed by atoms with van der Waals surface area (Å²) in [6.07, 6.45) is 1.29. The number of nitrogens with zero attached hydrogens (tertiary/aromatic N) is 2. The number of cyclic esters (lactones) is 1. The number of nitrogens with one attached hydrogen (secondary N) is 1. The zero-order chi connectivity index (χ0) is 18.3. The standard InChI is InChI=1S/C18H22FN3O3S/c1-11(23)20-7-15-8-21(18(24)25-15)12-4-5-17(16(19)6-12)22-13-2-3-14(22)10-26-9-13/h4-6,13-15H,2-3,7-10H2,1H3,(H,20,23)/t13-,14+,15-/m0/s1. The summed E-state index contributed by atoms with van der Waals surface area (Å²) in [4.78, 5) is 26.7. The molecule has 26 heavy (non-hydrogen) atoms. The van der Waals surface area contributed by atoms with E-state index in [9.17, 15) is 14.0 Å². The van der Waals surface area contributed by atoms with Crippen molar-refractivity contribution in [1.82, 2.24) is 5.32 Å². The molecule has 1 N–H and O–H groups in total. The average molecular weight is 379 g/mol. The predicted octanol–water partition coefficient (Wildman–Crippen LogP) is 2.37. The molecule has 3 fully saturated rings. The van der Waals surface area contributed by atoms with Crippen LogP contribution < -0.4 is 15.1 Å². The van der Waals surface area contributed by atoms with Gasteiger partial charge in [0.2, 0.25) is 5.91 Å². The number of hydrogen-bond acceptors (Lipinski definition) is 5. The summed E-state index contributed by atoms with van der Waals surface area (Å²) < 4.78 is 20.1. The molecule has 1 aromatic carbocycles. The molecule has 0 aliphatic carbocycles. The van der Waals surface area contributed by atoms with Crippen molar-refractivity contribution < 1.29 is 18.7 Å². The van der Waals surface area contributed by atoms with Crippen molar-refractivity contribution in [3.05, 3.63) is 24.0 Å². The maximum absolute atomic E-state index is 14.9. The van der Waals surface area contributed by atoms with Crippen molar-refractivity contribution >= 4 is 35.1 Å². The molecule has 8 heteroatoms. The summed E-state index contributed by atoms with van der Waals surface area (Å²) in [5.74, 6) is 1.61. The highest BCUT2D eigenvalue weighted by Gasteiger charge is 2.38. The van der Waals surface area contributed by atoms with Gasteiger partial charge in [0.25, 0.3) is 0 Å². The Balaban J connectivity index is 1.49. The van der Waals surface area contributed by atoms with Crippen LogP contribution in [0.15, 0.2) is 18.2 Å². The SMILES string of the molecule is CC(=O)NC[C@H]1CN(c2ccc(N3[C@@H]4CC[C@H]3CSC4)c(F)c2)C(=O)O1. The van der Waals surface area contributed by atoms with Gasteiger partial charge in [-0.25, -0.2) is 9.18 Å². The molecule has 0 saturated carbocycles. The molecule has 0 unspecified atom stereocenters. The smallest absolute Gasteiger partial charge is 0.414 e. The van der Waals surface area contributed by atoms with Crippen LogP contribution in [0, 0.1) is 5.82 Å². The second kappa shape index (κ2) is 6.98. The van der Waals surface area contributed by atoms with E-state index in [1.807, 2.05) is 11.8 Å². The fraction of sp³-hybridized carbons (Fsp3) is 0.556. The number of benzene rings is 1. The normalized spacial score (nSPS) is 27.6. The Bertz CT molecular complexity index is 716. The first-order valence-corrected chi connectivity index (χ1v) is 10.1. The van der Waals surface area contributed by atoms with Crippen LogP contribution in [0.3, 0.4) is 0 Å². The van der Waals surface area contributed by atoms with Crippen LogP contribution in [-0.4, -0.2) is 54.8 Å². The quantitative estimate of drug-likeness (QED) is 0.870. The van der Waals surface area contributed by atoms with Gasteiger partial charge in [0.05, 0.1) is 24.5 Å². The van der Waals surface area contributed by atoms with Crippen molar-refractivity contribution in [3.63, 3.8) is 0 Å². The molecule has 0 radical (unpaired) electrons. The number of rotatable bonds is 4. The van der Waals surface area contributed by atoms with E-state index in [0.29, 0.717) is 30.0 Å². The van der Waals surface area contributed by atoms with E-state index in [1.54, 1.807) is 12.1 Å². The Morgan fingerprint density at radius 3 is 2.73 bits per heavy atom. The van der Waals surface area contributed by atoms with E-state index in [0.717, 1.165) is 24.3 Å². The molecule has 4 rings (SSSR count). The third-order valence-corrected chi connectivity index (χ3v) is 6.46. The summed E-state index contributed by atoms with van der Waals surface area (Å²) in [5, 5.41) is 2.63. The zero-order valence-corrected chi connectivity index (χ0v) is 15.4. The van der Waals surface area contributed by atoms with Crippen LogP contribution in [-0.2, 0) is 9.53 Å². The van der Waals surface area contributed by atoms with Gasteiger partial charge >= 0.3 is 6.09 Å². The van der Waals surface area contributed by atoms with Crippen LogP contribution in [0.1, 0.15) is 19.8 Å². The van der Waals surface area contributed by atoms with E-state index in [1.165, 1.54) is 17.9 Å². The number of anilines is 2. The lowest BCUT2D eigenvalue weighted by Crippen LogP contribution is -2.43. The van der Waals surface area contributed by atoms with E-state index in [-0.39, 0.29) is 18.3 Å². The lowest BCUT2D eigenvalue weighted by molar-refractivity contribution is -0.119. The highest BCUT2D eigenvalue weighted by Crippen LogP contribution is 2.40.